The zero-order chi connectivity index (χ0) is 22.1. The number of thioether (sulfide) groups is 1. The predicted octanol–water partition coefficient (Wildman–Crippen LogP) is 5.46. The van der Waals surface area contributed by atoms with Crippen molar-refractivity contribution in [2.45, 2.75) is 64.1 Å². The summed E-state index contributed by atoms with van der Waals surface area (Å²) in [5.74, 6) is 0.456. The number of hydrogen-bond acceptors (Lipinski definition) is 3. The molecule has 0 bridgehead atoms. The summed E-state index contributed by atoms with van der Waals surface area (Å²) in [5, 5.41) is 3.58. The molecule has 162 valence electrons. The molecular formula is C24H31ClN2O2S. The van der Waals surface area contributed by atoms with Crippen molar-refractivity contribution in [3.63, 3.8) is 0 Å². The third-order valence-corrected chi connectivity index (χ3v) is 6.45. The number of hydrogen-bond donors (Lipinski definition) is 1. The van der Waals surface area contributed by atoms with E-state index in [4.69, 9.17) is 11.6 Å². The van der Waals surface area contributed by atoms with Gasteiger partial charge >= 0.3 is 0 Å². The molecule has 2 rings (SSSR count). The van der Waals surface area contributed by atoms with Gasteiger partial charge in [-0.25, -0.2) is 0 Å². The van der Waals surface area contributed by atoms with Gasteiger partial charge in [0.2, 0.25) is 11.8 Å². The van der Waals surface area contributed by atoms with Crippen LogP contribution in [-0.2, 0) is 16.1 Å². The van der Waals surface area contributed by atoms with Crippen LogP contribution in [0.1, 0.15) is 44.7 Å². The van der Waals surface area contributed by atoms with Gasteiger partial charge in [-0.3, -0.25) is 9.59 Å². The molecule has 2 atom stereocenters. The summed E-state index contributed by atoms with van der Waals surface area (Å²) in [4.78, 5) is 28.6. The molecule has 0 spiro atoms. The van der Waals surface area contributed by atoms with Crippen LogP contribution in [-0.4, -0.2) is 34.6 Å². The quantitative estimate of drug-likeness (QED) is 0.493. The standard InChI is InChI=1S/C24H31ClN2O2S/c1-5-18(3)26-24(29)19(4)27(16-20-8-6-7-9-22(20)25)23(28)14-15-30-21-12-10-17(2)11-13-21/h6-13,18-19H,5,14-16H2,1-4H3,(H,26,29)/t18-,19+/m1/s1. The summed E-state index contributed by atoms with van der Waals surface area (Å²) in [6, 6.07) is 15.2. The van der Waals surface area contributed by atoms with Crippen LogP contribution < -0.4 is 5.32 Å². The summed E-state index contributed by atoms with van der Waals surface area (Å²) in [6.45, 7) is 8.12. The highest BCUT2D eigenvalue weighted by atomic mass is 35.5. The van der Waals surface area contributed by atoms with Gasteiger partial charge in [-0.2, -0.15) is 0 Å². The lowest BCUT2D eigenvalue weighted by Gasteiger charge is -2.30. The third kappa shape index (κ3) is 7.37. The van der Waals surface area contributed by atoms with Crippen molar-refractivity contribution in [3.8, 4) is 0 Å². The molecule has 6 heteroatoms. The van der Waals surface area contributed by atoms with E-state index in [1.165, 1.54) is 5.56 Å². The average molecular weight is 447 g/mol. The van der Waals surface area contributed by atoms with E-state index < -0.39 is 6.04 Å². The van der Waals surface area contributed by atoms with Crippen molar-refractivity contribution >= 4 is 35.2 Å². The number of nitrogens with zero attached hydrogens (tertiary/aromatic N) is 1. The van der Waals surface area contributed by atoms with Crippen LogP contribution in [0, 0.1) is 6.92 Å². The molecule has 2 aromatic carbocycles. The first-order chi connectivity index (χ1) is 14.3. The monoisotopic (exact) mass is 446 g/mol. The molecule has 0 saturated carbocycles. The zero-order valence-corrected chi connectivity index (χ0v) is 19.7. The van der Waals surface area contributed by atoms with Gasteiger partial charge in [0, 0.05) is 34.7 Å². The Kier molecular flexibility index (Phi) is 9.73. The molecule has 0 aromatic heterocycles. The van der Waals surface area contributed by atoms with E-state index in [0.717, 1.165) is 16.9 Å². The Labute approximate surface area is 189 Å². The molecule has 2 amide bonds. The largest absolute Gasteiger partial charge is 0.352 e. The van der Waals surface area contributed by atoms with E-state index in [1.807, 2.05) is 32.0 Å². The highest BCUT2D eigenvalue weighted by Crippen LogP contribution is 2.22. The second kappa shape index (κ2) is 12.0. The summed E-state index contributed by atoms with van der Waals surface area (Å²) < 4.78 is 0. The summed E-state index contributed by atoms with van der Waals surface area (Å²) in [5.41, 5.74) is 2.05. The number of carbonyl (C=O) groups excluding carboxylic acids is 2. The van der Waals surface area contributed by atoms with Crippen LogP contribution in [0.4, 0.5) is 0 Å². The van der Waals surface area contributed by atoms with E-state index in [2.05, 4.69) is 36.5 Å². The third-order valence-electron chi connectivity index (χ3n) is 5.07. The molecular weight excluding hydrogens is 416 g/mol. The summed E-state index contributed by atoms with van der Waals surface area (Å²) >= 11 is 7.96. The molecule has 0 fully saturated rings. The second-order valence-corrected chi connectivity index (χ2v) is 9.09. The Balaban J connectivity index is 2.08. The fourth-order valence-corrected chi connectivity index (χ4v) is 3.93. The maximum atomic E-state index is 13.1. The molecule has 0 heterocycles. The fraction of sp³-hybridized carbons (Fsp3) is 0.417. The first kappa shape index (κ1) is 24.3. The number of halogens is 1. The normalized spacial score (nSPS) is 12.8. The highest BCUT2D eigenvalue weighted by Gasteiger charge is 2.27. The van der Waals surface area contributed by atoms with Crippen LogP contribution >= 0.6 is 23.4 Å². The average Bonchev–Trinajstić information content (AvgIpc) is 2.73. The molecule has 0 aliphatic carbocycles. The van der Waals surface area contributed by atoms with Crippen LogP contribution in [0.5, 0.6) is 0 Å². The Bertz CT molecular complexity index is 841. The van der Waals surface area contributed by atoms with Crippen molar-refractivity contribution < 1.29 is 9.59 Å². The molecule has 30 heavy (non-hydrogen) atoms. The lowest BCUT2D eigenvalue weighted by Crippen LogP contribution is -2.49. The van der Waals surface area contributed by atoms with Crippen molar-refractivity contribution in [1.29, 1.82) is 0 Å². The van der Waals surface area contributed by atoms with Gasteiger partial charge in [0.25, 0.3) is 0 Å². The van der Waals surface area contributed by atoms with Gasteiger partial charge in [-0.1, -0.05) is 54.4 Å². The lowest BCUT2D eigenvalue weighted by molar-refractivity contribution is -0.140. The number of amides is 2. The zero-order valence-electron chi connectivity index (χ0n) is 18.2. The predicted molar refractivity (Wildman–Crippen MR) is 126 cm³/mol. The molecule has 4 nitrogen and oxygen atoms in total. The minimum absolute atomic E-state index is 0.0543. The minimum atomic E-state index is -0.577. The van der Waals surface area contributed by atoms with E-state index >= 15 is 0 Å². The van der Waals surface area contributed by atoms with Gasteiger partial charge in [0.05, 0.1) is 0 Å². The first-order valence-corrected chi connectivity index (χ1v) is 11.7. The van der Waals surface area contributed by atoms with Gasteiger partial charge in [0.1, 0.15) is 6.04 Å². The molecule has 1 N–H and O–H groups in total. The maximum Gasteiger partial charge on any atom is 0.242 e. The van der Waals surface area contributed by atoms with Crippen LogP contribution in [0.25, 0.3) is 0 Å². The Hall–Kier alpha value is -1.98. The van der Waals surface area contributed by atoms with Crippen LogP contribution in [0.15, 0.2) is 53.4 Å². The summed E-state index contributed by atoms with van der Waals surface area (Å²) in [6.07, 6.45) is 1.19. The number of carbonyl (C=O) groups is 2. The maximum absolute atomic E-state index is 13.1. The summed E-state index contributed by atoms with van der Waals surface area (Å²) in [7, 11) is 0. The van der Waals surface area contributed by atoms with Crippen molar-refractivity contribution in [2.24, 2.45) is 0 Å². The number of nitrogens with one attached hydrogen (secondary N) is 1. The topological polar surface area (TPSA) is 49.4 Å². The smallest absolute Gasteiger partial charge is 0.242 e. The molecule has 0 aliphatic rings. The van der Waals surface area contributed by atoms with Gasteiger partial charge < -0.3 is 10.2 Å². The number of rotatable bonds is 10. The second-order valence-electron chi connectivity index (χ2n) is 7.52. The van der Waals surface area contributed by atoms with Crippen molar-refractivity contribution in [3.05, 3.63) is 64.7 Å². The Morgan fingerprint density at radius 2 is 1.77 bits per heavy atom. The molecule has 0 unspecified atom stereocenters. The van der Waals surface area contributed by atoms with Crippen molar-refractivity contribution in [1.82, 2.24) is 10.2 Å². The highest BCUT2D eigenvalue weighted by molar-refractivity contribution is 7.99. The van der Waals surface area contributed by atoms with Gasteiger partial charge in [-0.05, 0) is 51.0 Å². The SMILES string of the molecule is CC[C@@H](C)NC(=O)[C@H](C)N(Cc1ccccc1Cl)C(=O)CCSc1ccc(C)cc1. The molecule has 0 aliphatic heterocycles. The fourth-order valence-electron chi connectivity index (χ4n) is 2.89. The van der Waals surface area contributed by atoms with Crippen LogP contribution in [0.2, 0.25) is 5.02 Å². The first-order valence-electron chi connectivity index (χ1n) is 10.3. The van der Waals surface area contributed by atoms with E-state index in [0.29, 0.717) is 23.7 Å². The Morgan fingerprint density at radius 1 is 1.10 bits per heavy atom. The molecule has 0 radical (unpaired) electrons. The molecule has 0 saturated heterocycles. The van der Waals surface area contributed by atoms with E-state index in [1.54, 1.807) is 29.7 Å². The number of benzene rings is 2. The van der Waals surface area contributed by atoms with Crippen LogP contribution in [0.3, 0.4) is 0 Å². The van der Waals surface area contributed by atoms with E-state index in [-0.39, 0.29) is 17.9 Å². The van der Waals surface area contributed by atoms with Crippen molar-refractivity contribution in [2.75, 3.05) is 5.75 Å². The minimum Gasteiger partial charge on any atom is -0.352 e. The van der Waals surface area contributed by atoms with E-state index in [9.17, 15) is 9.59 Å². The van der Waals surface area contributed by atoms with Gasteiger partial charge in [0.15, 0.2) is 0 Å². The molecule has 2 aromatic rings. The lowest BCUT2D eigenvalue weighted by atomic mass is 10.1. The number of aryl methyl sites for hydroxylation is 1. The Morgan fingerprint density at radius 3 is 2.40 bits per heavy atom. The van der Waals surface area contributed by atoms with Gasteiger partial charge in [-0.15, -0.1) is 11.8 Å².